The highest BCUT2D eigenvalue weighted by atomic mass is 32.2. The van der Waals surface area contributed by atoms with Crippen LogP contribution >= 0.6 is 0 Å². The largest absolute Gasteiger partial charge is 0.479 e. The molecule has 0 aromatic carbocycles. The Labute approximate surface area is 204 Å². The van der Waals surface area contributed by atoms with Gasteiger partial charge in [-0.25, -0.2) is 18.4 Å². The summed E-state index contributed by atoms with van der Waals surface area (Å²) in [6.07, 6.45) is 8.61. The Bertz CT molecular complexity index is 1250. The Morgan fingerprint density at radius 1 is 1.00 bits per heavy atom. The van der Waals surface area contributed by atoms with Crippen LogP contribution in [0.25, 0.3) is 5.69 Å². The van der Waals surface area contributed by atoms with Crippen LogP contribution in [-0.4, -0.2) is 62.6 Å². The Balaban J connectivity index is 1.76. The van der Waals surface area contributed by atoms with E-state index in [2.05, 4.69) is 34.9 Å². The Morgan fingerprint density at radius 3 is 2.17 bits per heavy atom. The molecule has 0 unspecified atom stereocenters. The topological polar surface area (TPSA) is 147 Å². The minimum absolute atomic E-state index is 0.0159. The maximum atomic E-state index is 13.5. The second-order valence-corrected chi connectivity index (χ2v) is 10.7. The van der Waals surface area contributed by atoms with Crippen molar-refractivity contribution in [1.29, 1.82) is 0 Å². The molecule has 35 heavy (non-hydrogen) atoms. The molecule has 3 aromatic rings. The molecule has 1 aliphatic carbocycles. The number of hydrogen-bond acceptors (Lipinski definition) is 10. The number of ether oxygens (including phenoxy) is 2. The van der Waals surface area contributed by atoms with Gasteiger partial charge in [-0.3, -0.25) is 9.29 Å². The first kappa shape index (κ1) is 24.8. The Kier molecular flexibility index (Phi) is 7.15. The number of nitrogens with zero attached hydrogens (tertiary/aromatic N) is 7. The van der Waals surface area contributed by atoms with Gasteiger partial charge in [0.05, 0.1) is 19.5 Å². The van der Waals surface area contributed by atoms with Crippen LogP contribution in [-0.2, 0) is 10.0 Å². The monoisotopic (exact) mass is 502 g/mol. The van der Waals surface area contributed by atoms with Crippen LogP contribution in [0.15, 0.2) is 18.7 Å². The SMILES string of the molecule is COc1ncnc(OC)c1-n1c(NS(=O)(=O)[C@@H](C)[C@H](C)c2ncc(C)cn2)nnc1C1CCCC1. The van der Waals surface area contributed by atoms with Crippen LogP contribution in [0.1, 0.15) is 68.6 Å². The van der Waals surface area contributed by atoms with E-state index in [1.165, 1.54) is 20.5 Å². The predicted octanol–water partition coefficient (Wildman–Crippen LogP) is 2.76. The van der Waals surface area contributed by atoms with E-state index in [0.29, 0.717) is 17.3 Å². The van der Waals surface area contributed by atoms with E-state index >= 15 is 0 Å². The predicted molar refractivity (Wildman–Crippen MR) is 128 cm³/mol. The molecular formula is C22H30N8O4S. The summed E-state index contributed by atoms with van der Waals surface area (Å²) in [7, 11) is -0.982. The molecule has 0 saturated heterocycles. The van der Waals surface area contributed by atoms with Crippen molar-refractivity contribution in [2.45, 2.75) is 63.5 Å². The number of methoxy groups -OCH3 is 2. The van der Waals surface area contributed by atoms with Gasteiger partial charge in [0, 0.05) is 24.2 Å². The number of aromatic nitrogens is 7. The van der Waals surface area contributed by atoms with Gasteiger partial charge in [0.25, 0.3) is 0 Å². The fourth-order valence-electron chi connectivity index (χ4n) is 4.21. The fourth-order valence-corrected chi connectivity index (χ4v) is 5.44. The molecule has 188 valence electrons. The van der Waals surface area contributed by atoms with E-state index in [-0.39, 0.29) is 23.6 Å². The van der Waals surface area contributed by atoms with Crippen LogP contribution in [0.5, 0.6) is 11.8 Å². The Hall–Kier alpha value is -3.35. The number of rotatable bonds is 9. The van der Waals surface area contributed by atoms with Crippen LogP contribution < -0.4 is 14.2 Å². The summed E-state index contributed by atoms with van der Waals surface area (Å²) < 4.78 is 42.1. The molecule has 12 nitrogen and oxygen atoms in total. The molecule has 4 rings (SSSR count). The van der Waals surface area contributed by atoms with Crippen LogP contribution in [0, 0.1) is 6.92 Å². The highest BCUT2D eigenvalue weighted by Gasteiger charge is 2.34. The second kappa shape index (κ2) is 10.1. The molecule has 0 amide bonds. The highest BCUT2D eigenvalue weighted by molar-refractivity contribution is 7.93. The minimum Gasteiger partial charge on any atom is -0.479 e. The van der Waals surface area contributed by atoms with Gasteiger partial charge in [0.1, 0.15) is 18.0 Å². The maximum absolute atomic E-state index is 13.5. The van der Waals surface area contributed by atoms with E-state index in [1.807, 2.05) is 6.92 Å². The molecule has 0 spiro atoms. The van der Waals surface area contributed by atoms with Crippen LogP contribution in [0.3, 0.4) is 0 Å². The molecule has 1 N–H and O–H groups in total. The third-order valence-corrected chi connectivity index (χ3v) is 8.26. The lowest BCUT2D eigenvalue weighted by molar-refractivity contribution is 0.367. The summed E-state index contributed by atoms with van der Waals surface area (Å²) in [5, 5.41) is 7.74. The first-order valence-corrected chi connectivity index (χ1v) is 13.0. The zero-order valence-electron chi connectivity index (χ0n) is 20.5. The second-order valence-electron chi connectivity index (χ2n) is 8.70. The van der Waals surface area contributed by atoms with Gasteiger partial charge in [-0.2, -0.15) is 9.97 Å². The molecule has 1 saturated carbocycles. The van der Waals surface area contributed by atoms with Crippen molar-refractivity contribution < 1.29 is 17.9 Å². The van der Waals surface area contributed by atoms with Gasteiger partial charge < -0.3 is 9.47 Å². The van der Waals surface area contributed by atoms with Gasteiger partial charge in [0.2, 0.25) is 27.7 Å². The lowest BCUT2D eigenvalue weighted by atomic mass is 10.1. The first-order chi connectivity index (χ1) is 16.8. The van der Waals surface area contributed by atoms with Crippen molar-refractivity contribution in [3.05, 3.63) is 35.9 Å². The van der Waals surface area contributed by atoms with E-state index in [9.17, 15) is 8.42 Å². The number of hydrogen-bond donors (Lipinski definition) is 1. The summed E-state index contributed by atoms with van der Waals surface area (Å²) in [5.41, 5.74) is 1.24. The summed E-state index contributed by atoms with van der Waals surface area (Å²) in [4.78, 5) is 17.0. The minimum atomic E-state index is -3.93. The summed E-state index contributed by atoms with van der Waals surface area (Å²) in [6, 6.07) is 0. The van der Waals surface area contributed by atoms with E-state index in [4.69, 9.17) is 9.47 Å². The average Bonchev–Trinajstić information content (AvgIpc) is 3.52. The van der Waals surface area contributed by atoms with Gasteiger partial charge in [-0.15, -0.1) is 10.2 Å². The lowest BCUT2D eigenvalue weighted by Gasteiger charge is -2.21. The molecular weight excluding hydrogens is 472 g/mol. The van der Waals surface area contributed by atoms with Crippen molar-refractivity contribution in [2.75, 3.05) is 18.9 Å². The van der Waals surface area contributed by atoms with Crippen molar-refractivity contribution in [1.82, 2.24) is 34.7 Å². The average molecular weight is 503 g/mol. The smallest absolute Gasteiger partial charge is 0.245 e. The quantitative estimate of drug-likeness (QED) is 0.463. The molecule has 0 radical (unpaired) electrons. The summed E-state index contributed by atoms with van der Waals surface area (Å²) in [6.45, 7) is 5.27. The molecule has 1 fully saturated rings. The van der Waals surface area contributed by atoms with E-state index < -0.39 is 21.2 Å². The van der Waals surface area contributed by atoms with Gasteiger partial charge in [0.15, 0.2) is 5.69 Å². The zero-order valence-corrected chi connectivity index (χ0v) is 21.3. The van der Waals surface area contributed by atoms with Gasteiger partial charge in [-0.05, 0) is 32.3 Å². The van der Waals surface area contributed by atoms with Crippen molar-refractivity contribution in [3.8, 4) is 17.4 Å². The van der Waals surface area contributed by atoms with Crippen molar-refractivity contribution in [3.63, 3.8) is 0 Å². The van der Waals surface area contributed by atoms with E-state index in [1.54, 1.807) is 30.8 Å². The van der Waals surface area contributed by atoms with E-state index in [0.717, 1.165) is 31.2 Å². The van der Waals surface area contributed by atoms with Gasteiger partial charge in [-0.1, -0.05) is 19.8 Å². The first-order valence-electron chi connectivity index (χ1n) is 11.5. The third-order valence-electron chi connectivity index (χ3n) is 6.41. The van der Waals surface area contributed by atoms with Crippen LogP contribution in [0.4, 0.5) is 5.95 Å². The highest BCUT2D eigenvalue weighted by Crippen LogP contribution is 2.39. The van der Waals surface area contributed by atoms with Crippen LogP contribution in [0.2, 0.25) is 0 Å². The van der Waals surface area contributed by atoms with Gasteiger partial charge >= 0.3 is 0 Å². The zero-order chi connectivity index (χ0) is 25.2. The van der Waals surface area contributed by atoms with Crippen molar-refractivity contribution >= 4 is 16.0 Å². The lowest BCUT2D eigenvalue weighted by Crippen LogP contribution is -2.31. The molecule has 0 bridgehead atoms. The Morgan fingerprint density at radius 2 is 1.60 bits per heavy atom. The number of nitrogens with one attached hydrogen (secondary N) is 1. The van der Waals surface area contributed by atoms with Crippen molar-refractivity contribution in [2.24, 2.45) is 0 Å². The molecule has 2 atom stereocenters. The number of aryl methyl sites for hydroxylation is 1. The maximum Gasteiger partial charge on any atom is 0.245 e. The molecule has 3 aromatic heterocycles. The molecule has 13 heteroatoms. The molecule has 1 aliphatic rings. The normalized spacial score (nSPS) is 16.1. The summed E-state index contributed by atoms with van der Waals surface area (Å²) >= 11 is 0. The molecule has 3 heterocycles. The number of sulfonamides is 1. The number of anilines is 1. The molecule has 0 aliphatic heterocycles. The standard InChI is InChI=1S/C22H30N8O4S/c1-13-10-23-18(24-11-13)14(2)15(3)35(31,32)29-22-28-27-19(16-8-6-7-9-16)30(22)17-20(33-4)25-12-26-21(17)34-5/h10-12,14-16H,6-9H2,1-5H3,(H,28,29)/t14-,15-/m0/s1. The summed E-state index contributed by atoms with van der Waals surface area (Å²) in [5.74, 6) is 1.13. The fraction of sp³-hybridized carbons (Fsp3) is 0.545. The third kappa shape index (κ3) is 4.90.